The van der Waals surface area contributed by atoms with E-state index in [0.717, 1.165) is 5.56 Å². The number of hydrogen-bond acceptors (Lipinski definition) is 6. The first-order valence-corrected chi connectivity index (χ1v) is 6.95. The third kappa shape index (κ3) is 3.62. The van der Waals surface area contributed by atoms with Crippen LogP contribution >= 0.6 is 11.6 Å². The van der Waals surface area contributed by atoms with Gasteiger partial charge in [0.1, 0.15) is 6.33 Å². The lowest BCUT2D eigenvalue weighted by Crippen LogP contribution is -2.11. The maximum atomic E-state index is 11.3. The summed E-state index contributed by atoms with van der Waals surface area (Å²) in [6, 6.07) is 5.22. The van der Waals surface area contributed by atoms with Crippen LogP contribution in [0, 0.1) is 17.0 Å². The van der Waals surface area contributed by atoms with E-state index in [4.69, 9.17) is 16.3 Å². The molecule has 1 aromatic heterocycles. The summed E-state index contributed by atoms with van der Waals surface area (Å²) in [6.07, 6.45) is 0.974. The molecule has 0 saturated carbocycles. The lowest BCUT2D eigenvalue weighted by atomic mass is 10.2. The highest BCUT2D eigenvalue weighted by atomic mass is 35.5. The normalized spacial score (nSPS) is 10.6. The predicted molar refractivity (Wildman–Crippen MR) is 83.9 cm³/mol. The SMILES string of the molecule is Cc1ccc(Cl)cc1Nc1ncnc(OC(C)C)c1[N+](=O)[O-]. The second-order valence-electron chi connectivity index (χ2n) is 4.88. The Morgan fingerprint density at radius 2 is 2.09 bits per heavy atom. The van der Waals surface area contributed by atoms with Crippen molar-refractivity contribution in [2.24, 2.45) is 0 Å². The van der Waals surface area contributed by atoms with Gasteiger partial charge in [0.2, 0.25) is 5.82 Å². The molecule has 0 aliphatic carbocycles. The van der Waals surface area contributed by atoms with Gasteiger partial charge in [-0.2, -0.15) is 4.98 Å². The van der Waals surface area contributed by atoms with Gasteiger partial charge in [0.05, 0.1) is 11.0 Å². The van der Waals surface area contributed by atoms with Crippen LogP contribution in [0.5, 0.6) is 5.88 Å². The van der Waals surface area contributed by atoms with Crippen molar-refractivity contribution in [1.82, 2.24) is 9.97 Å². The number of rotatable bonds is 5. The number of nitrogens with one attached hydrogen (secondary N) is 1. The van der Waals surface area contributed by atoms with Gasteiger partial charge < -0.3 is 10.1 Å². The zero-order valence-corrected chi connectivity index (χ0v) is 13.1. The first-order valence-electron chi connectivity index (χ1n) is 6.57. The minimum atomic E-state index is -0.570. The molecule has 1 N–H and O–H groups in total. The van der Waals surface area contributed by atoms with E-state index < -0.39 is 4.92 Å². The number of anilines is 2. The van der Waals surface area contributed by atoms with Crippen molar-refractivity contribution in [3.63, 3.8) is 0 Å². The quantitative estimate of drug-likeness (QED) is 0.663. The van der Waals surface area contributed by atoms with Crippen LogP contribution in [0.3, 0.4) is 0 Å². The monoisotopic (exact) mass is 322 g/mol. The van der Waals surface area contributed by atoms with Gasteiger partial charge in [-0.3, -0.25) is 10.1 Å². The molecule has 0 aliphatic heterocycles. The first kappa shape index (κ1) is 16.0. The average molecular weight is 323 g/mol. The molecule has 1 heterocycles. The van der Waals surface area contributed by atoms with Crippen LogP contribution in [-0.4, -0.2) is 21.0 Å². The molecule has 7 nitrogen and oxygen atoms in total. The Balaban J connectivity index is 2.46. The van der Waals surface area contributed by atoms with Crippen LogP contribution in [0.4, 0.5) is 17.2 Å². The molecule has 0 aliphatic rings. The number of halogens is 1. The van der Waals surface area contributed by atoms with Crippen LogP contribution < -0.4 is 10.1 Å². The third-order valence-electron chi connectivity index (χ3n) is 2.77. The van der Waals surface area contributed by atoms with Crippen LogP contribution in [0.1, 0.15) is 19.4 Å². The molecule has 1 aromatic carbocycles. The lowest BCUT2D eigenvalue weighted by molar-refractivity contribution is -0.385. The number of ether oxygens (including phenoxy) is 1. The third-order valence-corrected chi connectivity index (χ3v) is 3.01. The van der Waals surface area contributed by atoms with Crippen molar-refractivity contribution in [2.75, 3.05) is 5.32 Å². The topological polar surface area (TPSA) is 90.2 Å². The molecule has 0 spiro atoms. The van der Waals surface area contributed by atoms with Gasteiger partial charge in [-0.05, 0) is 38.5 Å². The number of aromatic nitrogens is 2. The minimum Gasteiger partial charge on any atom is -0.470 e. The Morgan fingerprint density at radius 3 is 2.73 bits per heavy atom. The summed E-state index contributed by atoms with van der Waals surface area (Å²) in [4.78, 5) is 18.6. The van der Waals surface area contributed by atoms with Crippen molar-refractivity contribution in [2.45, 2.75) is 26.9 Å². The lowest BCUT2D eigenvalue weighted by Gasteiger charge is -2.12. The van der Waals surface area contributed by atoms with E-state index in [1.54, 1.807) is 26.0 Å². The number of aryl methyl sites for hydroxylation is 1. The van der Waals surface area contributed by atoms with Gasteiger partial charge in [0, 0.05) is 10.7 Å². The van der Waals surface area contributed by atoms with E-state index in [2.05, 4.69) is 15.3 Å². The van der Waals surface area contributed by atoms with Gasteiger partial charge in [0.25, 0.3) is 5.88 Å². The van der Waals surface area contributed by atoms with Gasteiger partial charge in [-0.1, -0.05) is 17.7 Å². The molecule has 116 valence electrons. The second-order valence-corrected chi connectivity index (χ2v) is 5.32. The Kier molecular flexibility index (Phi) is 4.77. The largest absolute Gasteiger partial charge is 0.470 e. The van der Waals surface area contributed by atoms with Gasteiger partial charge in [0.15, 0.2) is 0 Å². The van der Waals surface area contributed by atoms with E-state index in [1.807, 2.05) is 13.0 Å². The number of nitrogens with zero attached hydrogens (tertiary/aromatic N) is 3. The van der Waals surface area contributed by atoms with Crippen LogP contribution in [0.15, 0.2) is 24.5 Å². The van der Waals surface area contributed by atoms with Crippen LogP contribution in [0.2, 0.25) is 5.02 Å². The van der Waals surface area contributed by atoms with Crippen molar-refractivity contribution in [1.29, 1.82) is 0 Å². The maximum absolute atomic E-state index is 11.3. The zero-order valence-electron chi connectivity index (χ0n) is 12.3. The summed E-state index contributed by atoms with van der Waals surface area (Å²) in [5.74, 6) is -0.0156. The minimum absolute atomic E-state index is 0.0565. The van der Waals surface area contributed by atoms with E-state index in [0.29, 0.717) is 10.7 Å². The van der Waals surface area contributed by atoms with Crippen LogP contribution in [0.25, 0.3) is 0 Å². The van der Waals surface area contributed by atoms with E-state index in [9.17, 15) is 10.1 Å². The number of nitro groups is 1. The van der Waals surface area contributed by atoms with Gasteiger partial charge in [-0.25, -0.2) is 4.98 Å². The van der Waals surface area contributed by atoms with E-state index >= 15 is 0 Å². The fourth-order valence-electron chi connectivity index (χ4n) is 1.78. The molecule has 0 atom stereocenters. The molecule has 0 bridgehead atoms. The highest BCUT2D eigenvalue weighted by molar-refractivity contribution is 6.30. The molecule has 8 heteroatoms. The van der Waals surface area contributed by atoms with Gasteiger partial charge >= 0.3 is 5.69 Å². The van der Waals surface area contributed by atoms with Crippen molar-refractivity contribution < 1.29 is 9.66 Å². The highest BCUT2D eigenvalue weighted by Gasteiger charge is 2.25. The maximum Gasteiger partial charge on any atom is 0.373 e. The molecular formula is C14H15ClN4O3. The molecule has 22 heavy (non-hydrogen) atoms. The number of benzene rings is 1. The van der Waals surface area contributed by atoms with Crippen molar-refractivity contribution >= 4 is 28.8 Å². The molecule has 0 saturated heterocycles. The molecular weight excluding hydrogens is 308 g/mol. The summed E-state index contributed by atoms with van der Waals surface area (Å²) in [6.45, 7) is 5.39. The van der Waals surface area contributed by atoms with E-state index in [-0.39, 0.29) is 23.5 Å². The Labute approximate surface area is 132 Å². The van der Waals surface area contributed by atoms with Crippen molar-refractivity contribution in [3.05, 3.63) is 45.2 Å². The molecule has 0 radical (unpaired) electrons. The summed E-state index contributed by atoms with van der Waals surface area (Å²) in [7, 11) is 0. The average Bonchev–Trinajstić information content (AvgIpc) is 2.42. The summed E-state index contributed by atoms with van der Waals surface area (Å²) in [5, 5.41) is 14.8. The van der Waals surface area contributed by atoms with Gasteiger partial charge in [-0.15, -0.1) is 0 Å². The standard InChI is InChI=1S/C14H15ClN4O3/c1-8(2)22-14-12(19(20)21)13(16-7-17-14)18-11-6-10(15)5-4-9(11)3/h4-8H,1-3H3,(H,16,17,18). The zero-order chi connectivity index (χ0) is 16.3. The highest BCUT2D eigenvalue weighted by Crippen LogP contribution is 2.34. The Bertz CT molecular complexity index is 706. The van der Waals surface area contributed by atoms with E-state index in [1.165, 1.54) is 6.33 Å². The fourth-order valence-corrected chi connectivity index (χ4v) is 1.96. The molecule has 0 amide bonds. The summed E-state index contributed by atoms with van der Waals surface area (Å²) < 4.78 is 5.38. The molecule has 0 unspecified atom stereocenters. The van der Waals surface area contributed by atoms with Crippen molar-refractivity contribution in [3.8, 4) is 5.88 Å². The fraction of sp³-hybridized carbons (Fsp3) is 0.286. The molecule has 2 aromatic rings. The Hall–Kier alpha value is -2.41. The molecule has 0 fully saturated rings. The Morgan fingerprint density at radius 1 is 1.36 bits per heavy atom. The smallest absolute Gasteiger partial charge is 0.373 e. The summed E-state index contributed by atoms with van der Waals surface area (Å²) >= 11 is 5.95. The molecule has 2 rings (SSSR count). The van der Waals surface area contributed by atoms with Crippen LogP contribution in [-0.2, 0) is 0 Å². The number of hydrogen-bond donors (Lipinski definition) is 1. The second kappa shape index (κ2) is 6.57. The predicted octanol–water partition coefficient (Wildman–Crippen LogP) is 3.88. The first-order chi connectivity index (χ1) is 10.4. The summed E-state index contributed by atoms with van der Waals surface area (Å²) in [5.41, 5.74) is 1.20.